The molecule has 2 heteroatoms. The van der Waals surface area contributed by atoms with Crippen molar-refractivity contribution >= 4 is 0 Å². The Morgan fingerprint density at radius 3 is 2.70 bits per heavy atom. The van der Waals surface area contributed by atoms with E-state index in [9.17, 15) is 0 Å². The summed E-state index contributed by atoms with van der Waals surface area (Å²) in [6, 6.07) is 9.06. The van der Waals surface area contributed by atoms with Gasteiger partial charge in [0.25, 0.3) is 0 Å². The van der Waals surface area contributed by atoms with E-state index in [2.05, 4.69) is 50.4 Å². The largest absolute Gasteiger partial charge is 0.383 e. The van der Waals surface area contributed by atoms with Crippen LogP contribution in [0.25, 0.3) is 0 Å². The van der Waals surface area contributed by atoms with Gasteiger partial charge in [-0.3, -0.25) is 0 Å². The minimum Gasteiger partial charge on any atom is -0.383 e. The minimum atomic E-state index is 0.342. The van der Waals surface area contributed by atoms with E-state index in [1.165, 1.54) is 24.0 Å². The van der Waals surface area contributed by atoms with Crippen LogP contribution in [0.1, 0.15) is 37.8 Å². The second-order valence-corrected chi connectivity index (χ2v) is 6.73. The highest BCUT2D eigenvalue weighted by Crippen LogP contribution is 2.50. The molecule has 1 aliphatic rings. The molecule has 1 N–H and O–H groups in total. The number of rotatable bonds is 7. The maximum Gasteiger partial charge on any atom is 0.0587 e. The molecule has 20 heavy (non-hydrogen) atoms. The Bertz CT molecular complexity index is 421. The maximum atomic E-state index is 5.13. The molecule has 0 heterocycles. The quantitative estimate of drug-likeness (QED) is 0.769. The zero-order chi connectivity index (χ0) is 14.6. The molecule has 0 saturated heterocycles. The average molecular weight is 275 g/mol. The number of benzene rings is 1. The molecule has 1 aromatic carbocycles. The third kappa shape index (κ3) is 3.42. The molecule has 0 atom stereocenters. The van der Waals surface area contributed by atoms with Crippen molar-refractivity contribution in [2.45, 2.75) is 39.0 Å². The molecule has 0 amide bonds. The summed E-state index contributed by atoms with van der Waals surface area (Å²) >= 11 is 0. The fraction of sp³-hybridized carbons (Fsp3) is 0.667. The van der Waals surface area contributed by atoms with Gasteiger partial charge in [-0.1, -0.05) is 43.7 Å². The van der Waals surface area contributed by atoms with Gasteiger partial charge in [-0.15, -0.1) is 0 Å². The third-order valence-corrected chi connectivity index (χ3v) is 4.83. The fourth-order valence-electron chi connectivity index (χ4n) is 3.37. The summed E-state index contributed by atoms with van der Waals surface area (Å²) in [6.07, 6.45) is 2.63. The van der Waals surface area contributed by atoms with Crippen LogP contribution in [-0.2, 0) is 10.2 Å². The van der Waals surface area contributed by atoms with Crippen molar-refractivity contribution in [3.8, 4) is 0 Å². The van der Waals surface area contributed by atoms with Gasteiger partial charge >= 0.3 is 0 Å². The van der Waals surface area contributed by atoms with Crippen molar-refractivity contribution in [1.82, 2.24) is 5.32 Å². The summed E-state index contributed by atoms with van der Waals surface area (Å²) in [7, 11) is 1.76. The first kappa shape index (κ1) is 15.5. The van der Waals surface area contributed by atoms with Crippen molar-refractivity contribution < 1.29 is 4.74 Å². The van der Waals surface area contributed by atoms with E-state index < -0.39 is 0 Å². The van der Waals surface area contributed by atoms with Gasteiger partial charge in [0.1, 0.15) is 0 Å². The van der Waals surface area contributed by atoms with Crippen molar-refractivity contribution in [3.63, 3.8) is 0 Å². The zero-order valence-corrected chi connectivity index (χ0v) is 13.4. The van der Waals surface area contributed by atoms with Crippen LogP contribution in [0, 0.1) is 18.8 Å². The molecule has 0 aliphatic heterocycles. The molecule has 112 valence electrons. The molecule has 0 radical (unpaired) electrons. The fourth-order valence-corrected chi connectivity index (χ4v) is 3.37. The number of methoxy groups -OCH3 is 1. The number of aryl methyl sites for hydroxylation is 1. The van der Waals surface area contributed by atoms with Gasteiger partial charge in [-0.2, -0.15) is 0 Å². The summed E-state index contributed by atoms with van der Waals surface area (Å²) in [5, 5.41) is 3.58. The maximum absolute atomic E-state index is 5.13. The second kappa shape index (κ2) is 6.73. The van der Waals surface area contributed by atoms with E-state index in [4.69, 9.17) is 4.74 Å². The number of ether oxygens (including phenoxy) is 1. The molecule has 1 saturated carbocycles. The zero-order valence-electron chi connectivity index (χ0n) is 13.4. The second-order valence-electron chi connectivity index (χ2n) is 6.73. The molecule has 0 spiro atoms. The van der Waals surface area contributed by atoms with Crippen molar-refractivity contribution in [2.24, 2.45) is 11.8 Å². The molecule has 1 aliphatic carbocycles. The molecule has 2 rings (SSSR count). The Labute approximate surface area is 123 Å². The topological polar surface area (TPSA) is 21.3 Å². The average Bonchev–Trinajstić information content (AvgIpc) is 2.36. The van der Waals surface area contributed by atoms with Crippen LogP contribution in [0.2, 0.25) is 0 Å². The smallest absolute Gasteiger partial charge is 0.0587 e. The minimum absolute atomic E-state index is 0.342. The van der Waals surface area contributed by atoms with Crippen LogP contribution in [0.5, 0.6) is 0 Å². The summed E-state index contributed by atoms with van der Waals surface area (Å²) in [5.41, 5.74) is 3.22. The van der Waals surface area contributed by atoms with E-state index in [-0.39, 0.29) is 0 Å². The normalized spacial score (nSPS) is 25.8. The van der Waals surface area contributed by atoms with Gasteiger partial charge in [0, 0.05) is 25.6 Å². The van der Waals surface area contributed by atoms with E-state index in [1.54, 1.807) is 7.11 Å². The standard InChI is InChI=1S/C18H29NO/c1-14(2)16-11-18(12-16,13-19-8-9-20-4)17-7-5-6-15(3)10-17/h5-7,10,14,16,19H,8-9,11-13H2,1-4H3. The van der Waals surface area contributed by atoms with Crippen LogP contribution in [0.4, 0.5) is 0 Å². The predicted molar refractivity (Wildman–Crippen MR) is 85.2 cm³/mol. The van der Waals surface area contributed by atoms with Crippen LogP contribution in [0.3, 0.4) is 0 Å². The Morgan fingerprint density at radius 1 is 1.35 bits per heavy atom. The highest BCUT2D eigenvalue weighted by Gasteiger charge is 2.45. The first-order chi connectivity index (χ1) is 9.57. The third-order valence-electron chi connectivity index (χ3n) is 4.83. The van der Waals surface area contributed by atoms with Gasteiger partial charge in [0.05, 0.1) is 6.61 Å². The molecular formula is C18H29NO. The lowest BCUT2D eigenvalue weighted by Crippen LogP contribution is -2.50. The number of nitrogens with one attached hydrogen (secondary N) is 1. The Balaban J connectivity index is 2.06. The van der Waals surface area contributed by atoms with Crippen LogP contribution in [-0.4, -0.2) is 26.8 Å². The summed E-state index contributed by atoms with van der Waals surface area (Å²) in [4.78, 5) is 0. The Hall–Kier alpha value is -0.860. The van der Waals surface area contributed by atoms with Crippen molar-refractivity contribution in [1.29, 1.82) is 0 Å². The predicted octanol–water partition coefficient (Wildman–Crippen LogP) is 3.53. The Morgan fingerprint density at radius 2 is 2.10 bits per heavy atom. The van der Waals surface area contributed by atoms with Crippen LogP contribution < -0.4 is 5.32 Å². The first-order valence-corrected chi connectivity index (χ1v) is 7.84. The summed E-state index contributed by atoms with van der Waals surface area (Å²) in [6.45, 7) is 9.69. The molecule has 2 nitrogen and oxygen atoms in total. The van der Waals surface area contributed by atoms with Gasteiger partial charge in [-0.05, 0) is 37.2 Å². The lowest BCUT2D eigenvalue weighted by Gasteiger charge is -2.50. The highest BCUT2D eigenvalue weighted by atomic mass is 16.5. The van der Waals surface area contributed by atoms with Crippen molar-refractivity contribution in [3.05, 3.63) is 35.4 Å². The Kier molecular flexibility index (Phi) is 5.22. The van der Waals surface area contributed by atoms with Crippen LogP contribution in [0.15, 0.2) is 24.3 Å². The van der Waals surface area contributed by atoms with E-state index in [0.717, 1.165) is 31.5 Å². The molecule has 0 bridgehead atoms. The first-order valence-electron chi connectivity index (χ1n) is 7.84. The van der Waals surface area contributed by atoms with E-state index in [0.29, 0.717) is 5.41 Å². The molecule has 1 aromatic rings. The summed E-state index contributed by atoms with van der Waals surface area (Å²) < 4.78 is 5.13. The van der Waals surface area contributed by atoms with Gasteiger partial charge in [0.15, 0.2) is 0 Å². The van der Waals surface area contributed by atoms with Gasteiger partial charge < -0.3 is 10.1 Å². The van der Waals surface area contributed by atoms with Crippen LogP contribution >= 0.6 is 0 Å². The van der Waals surface area contributed by atoms with Gasteiger partial charge in [-0.25, -0.2) is 0 Å². The molecule has 1 fully saturated rings. The lowest BCUT2D eigenvalue weighted by molar-refractivity contribution is 0.0948. The molecule has 0 unspecified atom stereocenters. The molecular weight excluding hydrogens is 246 g/mol. The SMILES string of the molecule is COCCNCC1(c2cccc(C)c2)CC(C(C)C)C1. The van der Waals surface area contributed by atoms with Gasteiger partial charge in [0.2, 0.25) is 0 Å². The number of hydrogen-bond acceptors (Lipinski definition) is 2. The monoisotopic (exact) mass is 275 g/mol. The van der Waals surface area contributed by atoms with Crippen molar-refractivity contribution in [2.75, 3.05) is 26.8 Å². The summed E-state index contributed by atoms with van der Waals surface area (Å²) in [5.74, 6) is 1.67. The van der Waals surface area contributed by atoms with E-state index in [1.807, 2.05) is 0 Å². The highest BCUT2D eigenvalue weighted by molar-refractivity contribution is 5.33. The molecule has 0 aromatic heterocycles. The lowest BCUT2D eigenvalue weighted by atomic mass is 9.55. The number of hydrogen-bond donors (Lipinski definition) is 1. The van der Waals surface area contributed by atoms with E-state index >= 15 is 0 Å².